The van der Waals surface area contributed by atoms with Gasteiger partial charge in [0, 0.05) is 24.0 Å². The van der Waals surface area contributed by atoms with Gasteiger partial charge < -0.3 is 15.8 Å². The Hall–Kier alpha value is -0.400. The average molecular weight is 306 g/mol. The van der Waals surface area contributed by atoms with Gasteiger partial charge in [0.15, 0.2) is 0 Å². The van der Waals surface area contributed by atoms with Gasteiger partial charge in [-0.3, -0.25) is 9.59 Å². The Morgan fingerprint density at radius 3 is 2.89 bits per heavy atom. The number of hydrogen-bond donors (Lipinski definition) is 2. The second-order valence-corrected chi connectivity index (χ2v) is 7.23. The van der Waals surface area contributed by atoms with Crippen molar-refractivity contribution < 1.29 is 14.3 Å². The fourth-order valence-electron chi connectivity index (χ4n) is 1.75. The highest BCUT2D eigenvalue weighted by Gasteiger charge is 2.15. The van der Waals surface area contributed by atoms with Crippen LogP contribution in [-0.4, -0.2) is 42.6 Å². The van der Waals surface area contributed by atoms with Gasteiger partial charge >= 0.3 is 0 Å². The second-order valence-electron chi connectivity index (χ2n) is 4.44. The van der Waals surface area contributed by atoms with Crippen molar-refractivity contribution in [3.05, 3.63) is 0 Å². The minimum absolute atomic E-state index is 0.0520. The summed E-state index contributed by atoms with van der Waals surface area (Å²) < 4.78 is 4.94. The van der Waals surface area contributed by atoms with Gasteiger partial charge in [-0.25, -0.2) is 0 Å². The van der Waals surface area contributed by atoms with Crippen molar-refractivity contribution in [3.63, 3.8) is 0 Å². The van der Waals surface area contributed by atoms with E-state index in [2.05, 4.69) is 5.32 Å². The molecule has 1 atom stereocenters. The maximum atomic E-state index is 11.5. The van der Waals surface area contributed by atoms with E-state index in [4.69, 9.17) is 10.5 Å². The normalized spacial score (nSPS) is 18.4. The van der Waals surface area contributed by atoms with E-state index >= 15 is 0 Å². The third-order valence-electron chi connectivity index (χ3n) is 2.72. The summed E-state index contributed by atoms with van der Waals surface area (Å²) in [4.78, 5) is 21.9. The Bertz CT molecular complexity index is 284. The molecule has 0 aromatic rings. The molecule has 0 saturated carbocycles. The van der Waals surface area contributed by atoms with Gasteiger partial charge in [0.1, 0.15) is 6.61 Å². The molecule has 3 N–H and O–H groups in total. The highest BCUT2D eigenvalue weighted by molar-refractivity contribution is 8.77. The number of rotatable bonds is 10. The van der Waals surface area contributed by atoms with Crippen molar-refractivity contribution in [2.24, 2.45) is 5.73 Å². The summed E-state index contributed by atoms with van der Waals surface area (Å²) in [7, 11) is 3.94. The fraction of sp³-hybridized carbons (Fsp3) is 0.833. The Labute approximate surface area is 122 Å². The SMILES string of the molecule is NC(=O)COCCNC(=O)CCCCC1CCSS1. The molecule has 19 heavy (non-hydrogen) atoms. The third-order valence-corrected chi connectivity index (χ3v) is 5.73. The molecule has 0 aliphatic carbocycles. The molecule has 2 amide bonds. The Kier molecular flexibility index (Phi) is 9.11. The molecule has 5 nitrogen and oxygen atoms in total. The number of carbonyl (C=O) groups excluding carboxylic acids is 2. The molecule has 1 aliphatic heterocycles. The van der Waals surface area contributed by atoms with Gasteiger partial charge in [0.25, 0.3) is 0 Å². The quantitative estimate of drug-likeness (QED) is 0.470. The van der Waals surface area contributed by atoms with Crippen LogP contribution >= 0.6 is 21.6 Å². The van der Waals surface area contributed by atoms with Crippen LogP contribution in [0.25, 0.3) is 0 Å². The fourth-order valence-corrected chi connectivity index (χ4v) is 4.77. The molecule has 0 radical (unpaired) electrons. The van der Waals surface area contributed by atoms with Crippen LogP contribution in [0.3, 0.4) is 0 Å². The maximum absolute atomic E-state index is 11.5. The minimum Gasteiger partial charge on any atom is -0.370 e. The lowest BCUT2D eigenvalue weighted by Gasteiger charge is -2.07. The molecule has 1 unspecified atom stereocenters. The number of unbranched alkanes of at least 4 members (excludes halogenated alkanes) is 1. The maximum Gasteiger partial charge on any atom is 0.243 e. The lowest BCUT2D eigenvalue weighted by molar-refractivity contribution is -0.122. The molecule has 0 aromatic carbocycles. The number of carbonyl (C=O) groups is 2. The highest BCUT2D eigenvalue weighted by Crippen LogP contribution is 2.39. The number of primary amides is 1. The highest BCUT2D eigenvalue weighted by atomic mass is 33.1. The summed E-state index contributed by atoms with van der Waals surface area (Å²) in [5, 5.41) is 3.55. The molecule has 1 fully saturated rings. The molecular weight excluding hydrogens is 284 g/mol. The van der Waals surface area contributed by atoms with Crippen molar-refractivity contribution in [3.8, 4) is 0 Å². The van der Waals surface area contributed by atoms with Crippen LogP contribution in [0.2, 0.25) is 0 Å². The van der Waals surface area contributed by atoms with Crippen LogP contribution in [0.15, 0.2) is 0 Å². The summed E-state index contributed by atoms with van der Waals surface area (Å²) in [5.41, 5.74) is 4.91. The van der Waals surface area contributed by atoms with Crippen LogP contribution in [-0.2, 0) is 14.3 Å². The molecule has 110 valence electrons. The zero-order chi connectivity index (χ0) is 13.9. The number of amides is 2. The molecule has 0 bridgehead atoms. The topological polar surface area (TPSA) is 81.4 Å². The summed E-state index contributed by atoms with van der Waals surface area (Å²) >= 11 is 0. The third kappa shape index (κ3) is 9.18. The average Bonchev–Trinajstić information content (AvgIpc) is 2.87. The molecule has 1 heterocycles. The predicted octanol–water partition coefficient (Wildman–Crippen LogP) is 1.32. The van der Waals surface area contributed by atoms with Gasteiger partial charge in [-0.1, -0.05) is 28.0 Å². The number of ether oxygens (including phenoxy) is 1. The van der Waals surface area contributed by atoms with E-state index < -0.39 is 5.91 Å². The molecule has 0 aromatic heterocycles. The van der Waals surface area contributed by atoms with E-state index in [0.717, 1.165) is 18.1 Å². The van der Waals surface area contributed by atoms with Gasteiger partial charge in [-0.15, -0.1) is 0 Å². The van der Waals surface area contributed by atoms with Crippen LogP contribution < -0.4 is 11.1 Å². The number of nitrogens with two attached hydrogens (primary N) is 1. The molecule has 1 aliphatic rings. The smallest absolute Gasteiger partial charge is 0.243 e. The summed E-state index contributed by atoms with van der Waals surface area (Å²) in [6.45, 7) is 0.665. The van der Waals surface area contributed by atoms with Gasteiger partial charge in [0.05, 0.1) is 6.61 Å². The standard InChI is InChI=1S/C12H22N2O3S2/c13-11(15)9-17-7-6-14-12(16)4-2-1-3-10-5-8-18-19-10/h10H,1-9H2,(H2,13,15)(H,14,16). The first-order chi connectivity index (χ1) is 9.18. The van der Waals surface area contributed by atoms with E-state index in [1.165, 1.54) is 18.6 Å². The zero-order valence-corrected chi connectivity index (χ0v) is 12.7. The molecule has 7 heteroatoms. The zero-order valence-electron chi connectivity index (χ0n) is 11.1. The van der Waals surface area contributed by atoms with Crippen LogP contribution in [0, 0.1) is 0 Å². The van der Waals surface area contributed by atoms with Crippen LogP contribution in [0.1, 0.15) is 32.1 Å². The lowest BCUT2D eigenvalue weighted by atomic mass is 10.1. The molecule has 1 saturated heterocycles. The van der Waals surface area contributed by atoms with Crippen molar-refractivity contribution in [2.45, 2.75) is 37.4 Å². The van der Waals surface area contributed by atoms with E-state index in [-0.39, 0.29) is 12.5 Å². The van der Waals surface area contributed by atoms with E-state index in [1.54, 1.807) is 0 Å². The predicted molar refractivity (Wildman–Crippen MR) is 79.9 cm³/mol. The van der Waals surface area contributed by atoms with E-state index in [9.17, 15) is 9.59 Å². The van der Waals surface area contributed by atoms with Gasteiger partial charge in [0.2, 0.25) is 11.8 Å². The summed E-state index contributed by atoms with van der Waals surface area (Å²) in [5.74, 6) is 0.826. The van der Waals surface area contributed by atoms with Crippen LogP contribution in [0.4, 0.5) is 0 Å². The molecule has 1 rings (SSSR count). The summed E-state index contributed by atoms with van der Waals surface area (Å²) in [6.07, 6.45) is 5.14. The first-order valence-electron chi connectivity index (χ1n) is 6.59. The first-order valence-corrected chi connectivity index (χ1v) is 8.97. The van der Waals surface area contributed by atoms with Gasteiger partial charge in [-0.05, 0) is 19.3 Å². The summed E-state index contributed by atoms with van der Waals surface area (Å²) in [6, 6.07) is 0. The number of nitrogens with one attached hydrogen (secondary N) is 1. The van der Waals surface area contributed by atoms with Crippen LogP contribution in [0.5, 0.6) is 0 Å². The van der Waals surface area contributed by atoms with Crippen molar-refractivity contribution in [2.75, 3.05) is 25.5 Å². The number of hydrogen-bond acceptors (Lipinski definition) is 5. The van der Waals surface area contributed by atoms with E-state index in [1.807, 2.05) is 21.6 Å². The molecular formula is C12H22N2O3S2. The Balaban J connectivity index is 1.86. The first kappa shape index (κ1) is 16.7. The van der Waals surface area contributed by atoms with E-state index in [0.29, 0.717) is 19.6 Å². The Morgan fingerprint density at radius 1 is 1.37 bits per heavy atom. The van der Waals surface area contributed by atoms with Gasteiger partial charge in [-0.2, -0.15) is 0 Å². The largest absolute Gasteiger partial charge is 0.370 e. The molecule has 0 spiro atoms. The Morgan fingerprint density at radius 2 is 2.21 bits per heavy atom. The second kappa shape index (κ2) is 10.4. The van der Waals surface area contributed by atoms with Crippen molar-refractivity contribution >= 4 is 33.4 Å². The lowest BCUT2D eigenvalue weighted by Crippen LogP contribution is -2.28. The van der Waals surface area contributed by atoms with Crippen molar-refractivity contribution in [1.29, 1.82) is 0 Å². The minimum atomic E-state index is -0.491. The monoisotopic (exact) mass is 306 g/mol. The van der Waals surface area contributed by atoms with Crippen molar-refractivity contribution in [1.82, 2.24) is 5.32 Å².